The fraction of sp³-hybridized carbons (Fsp3) is 0.0741. The molecule has 0 spiro atoms. The molecule has 9 nitrogen and oxygen atoms in total. The molecule has 41 heavy (non-hydrogen) atoms. The number of alkyl halides is 3. The van der Waals surface area contributed by atoms with Crippen LogP contribution in [0.2, 0.25) is 10.0 Å². The highest BCUT2D eigenvalue weighted by Gasteiger charge is 2.31. The Hall–Kier alpha value is -4.86. The molecule has 0 bridgehead atoms. The van der Waals surface area contributed by atoms with Gasteiger partial charge in [-0.2, -0.15) is 23.1 Å². The van der Waals surface area contributed by atoms with Gasteiger partial charge in [0, 0.05) is 10.9 Å². The Balaban J connectivity index is 1.49. The summed E-state index contributed by atoms with van der Waals surface area (Å²) in [4.78, 5) is 30.2. The van der Waals surface area contributed by atoms with Gasteiger partial charge in [-0.05, 0) is 61.0 Å². The molecule has 5 rings (SSSR count). The van der Waals surface area contributed by atoms with E-state index in [0.29, 0.717) is 27.9 Å². The maximum absolute atomic E-state index is 13.1. The van der Waals surface area contributed by atoms with Crippen molar-refractivity contribution in [3.8, 4) is 34.5 Å². The summed E-state index contributed by atoms with van der Waals surface area (Å²) in [6, 6.07) is 14.0. The van der Waals surface area contributed by atoms with E-state index in [-0.39, 0.29) is 32.6 Å². The number of rotatable bonds is 4. The summed E-state index contributed by atoms with van der Waals surface area (Å²) in [5.74, 6) is -0.0160. The van der Waals surface area contributed by atoms with E-state index in [0.717, 1.165) is 16.8 Å². The second-order valence-corrected chi connectivity index (χ2v) is 9.58. The van der Waals surface area contributed by atoms with Crippen molar-refractivity contribution >= 4 is 39.9 Å². The summed E-state index contributed by atoms with van der Waals surface area (Å²) in [6.07, 6.45) is -4.58. The van der Waals surface area contributed by atoms with Crippen molar-refractivity contribution in [2.45, 2.75) is 13.1 Å². The molecule has 0 amide bonds. The molecular weight excluding hydrogens is 584 g/mol. The van der Waals surface area contributed by atoms with Gasteiger partial charge in [-0.1, -0.05) is 29.3 Å². The largest absolute Gasteiger partial charge is 0.454 e. The van der Waals surface area contributed by atoms with Crippen molar-refractivity contribution in [2.24, 2.45) is 0 Å². The fourth-order valence-corrected chi connectivity index (χ4v) is 4.64. The van der Waals surface area contributed by atoms with Gasteiger partial charge in [-0.25, -0.2) is 9.78 Å². The summed E-state index contributed by atoms with van der Waals surface area (Å²) in [5, 5.41) is 13.9. The van der Waals surface area contributed by atoms with E-state index in [1.807, 2.05) is 11.1 Å². The fourth-order valence-electron chi connectivity index (χ4n) is 4.08. The first-order valence-electron chi connectivity index (χ1n) is 11.5. The first-order chi connectivity index (χ1) is 19.3. The number of nitriles is 1. The number of aromatic amines is 1. The van der Waals surface area contributed by atoms with E-state index >= 15 is 0 Å². The summed E-state index contributed by atoms with van der Waals surface area (Å²) in [6.45, 7) is 1.78. The SMILES string of the molecule is Cc1cc(-c2ccc(C(F)(F)F)cc2C#N)nc2ccc(Oc3c(Cl)cc(-n4nc(N)c(=O)[nH]c4=O)cc3Cl)cc12. The molecule has 14 heteroatoms. The van der Waals surface area contributed by atoms with Gasteiger partial charge >= 0.3 is 11.9 Å². The molecule has 0 saturated heterocycles. The normalized spacial score (nSPS) is 11.4. The predicted molar refractivity (Wildman–Crippen MR) is 147 cm³/mol. The number of aromatic nitrogens is 4. The quantitative estimate of drug-likeness (QED) is 0.258. The summed E-state index contributed by atoms with van der Waals surface area (Å²) in [5.41, 5.74) is 4.70. The molecule has 0 fully saturated rings. The number of aryl methyl sites for hydroxylation is 1. The van der Waals surface area contributed by atoms with Gasteiger partial charge in [-0.3, -0.25) is 9.78 Å². The number of hydrogen-bond donors (Lipinski definition) is 2. The van der Waals surface area contributed by atoms with Gasteiger partial charge in [0.1, 0.15) is 5.75 Å². The third-order valence-electron chi connectivity index (χ3n) is 6.03. The van der Waals surface area contributed by atoms with Crippen molar-refractivity contribution in [3.63, 3.8) is 0 Å². The number of hydrogen-bond acceptors (Lipinski definition) is 7. The summed E-state index contributed by atoms with van der Waals surface area (Å²) in [7, 11) is 0. The molecule has 3 N–H and O–H groups in total. The zero-order valence-corrected chi connectivity index (χ0v) is 22.2. The van der Waals surface area contributed by atoms with E-state index < -0.39 is 28.8 Å². The maximum Gasteiger partial charge on any atom is 0.416 e. The van der Waals surface area contributed by atoms with Gasteiger partial charge in [0.05, 0.1) is 44.1 Å². The van der Waals surface area contributed by atoms with Crippen molar-refractivity contribution in [1.82, 2.24) is 19.7 Å². The lowest BCUT2D eigenvalue weighted by molar-refractivity contribution is -0.137. The van der Waals surface area contributed by atoms with Gasteiger partial charge in [0.25, 0.3) is 5.56 Å². The van der Waals surface area contributed by atoms with Crippen molar-refractivity contribution < 1.29 is 17.9 Å². The monoisotopic (exact) mass is 598 g/mol. The third kappa shape index (κ3) is 5.32. The van der Waals surface area contributed by atoms with E-state index in [4.69, 9.17) is 33.7 Å². The standard InChI is InChI=1S/C27H15Cl2F3N6O3/c1-12-6-22(17-4-2-14(27(30,31)32)7-13(17)11-33)35-21-5-3-16(10-18(12)21)41-23-19(28)8-15(9-20(23)29)38-26(40)36-25(39)24(34)37-38/h2-10H,1H3,(H2,34,37)(H,36,39,40). The molecule has 2 aromatic heterocycles. The zero-order valence-electron chi connectivity index (χ0n) is 20.7. The molecule has 0 radical (unpaired) electrons. The lowest BCUT2D eigenvalue weighted by Gasteiger charge is -2.14. The van der Waals surface area contributed by atoms with Crippen LogP contribution in [0, 0.1) is 18.3 Å². The first kappa shape index (κ1) is 27.7. The maximum atomic E-state index is 13.1. The summed E-state index contributed by atoms with van der Waals surface area (Å²) < 4.78 is 46.1. The van der Waals surface area contributed by atoms with E-state index in [1.54, 1.807) is 31.2 Å². The molecule has 0 atom stereocenters. The number of nitrogens with zero attached hydrogens (tertiary/aromatic N) is 4. The van der Waals surface area contributed by atoms with Crippen LogP contribution in [0.1, 0.15) is 16.7 Å². The molecule has 0 unspecified atom stereocenters. The molecule has 2 heterocycles. The zero-order chi connectivity index (χ0) is 29.6. The number of nitrogens with one attached hydrogen (secondary N) is 1. The molecule has 0 aliphatic heterocycles. The second-order valence-electron chi connectivity index (χ2n) is 8.77. The highest BCUT2D eigenvalue weighted by atomic mass is 35.5. The second kappa shape index (κ2) is 10.3. The van der Waals surface area contributed by atoms with Crippen LogP contribution in [0.4, 0.5) is 19.0 Å². The van der Waals surface area contributed by atoms with Crippen molar-refractivity contribution in [3.05, 3.63) is 102 Å². The average Bonchev–Trinajstić information content (AvgIpc) is 2.92. The molecule has 0 saturated carbocycles. The lowest BCUT2D eigenvalue weighted by Crippen LogP contribution is -2.33. The number of nitrogens with two attached hydrogens (primary N) is 1. The number of nitrogen functional groups attached to an aromatic ring is 1. The van der Waals surface area contributed by atoms with E-state index in [2.05, 4.69) is 10.1 Å². The number of anilines is 1. The summed E-state index contributed by atoms with van der Waals surface area (Å²) >= 11 is 12.8. The molecule has 0 aliphatic carbocycles. The number of H-pyrrole nitrogens is 1. The molecule has 5 aromatic rings. The highest BCUT2D eigenvalue weighted by molar-refractivity contribution is 6.37. The number of fused-ring (bicyclic) bond motifs is 1. The van der Waals surface area contributed by atoms with Crippen LogP contribution < -0.4 is 21.7 Å². The van der Waals surface area contributed by atoms with Gasteiger partial charge < -0.3 is 10.5 Å². The lowest BCUT2D eigenvalue weighted by atomic mass is 9.99. The van der Waals surface area contributed by atoms with Crippen molar-refractivity contribution in [2.75, 3.05) is 5.73 Å². The van der Waals surface area contributed by atoms with Crippen LogP contribution in [0.5, 0.6) is 11.5 Å². The number of halogens is 5. The van der Waals surface area contributed by atoms with Crippen LogP contribution in [-0.4, -0.2) is 19.7 Å². The minimum Gasteiger partial charge on any atom is -0.454 e. The number of ether oxygens (including phenoxy) is 1. The average molecular weight is 599 g/mol. The Kier molecular flexibility index (Phi) is 6.94. The molecular formula is C27H15Cl2F3N6O3. The van der Waals surface area contributed by atoms with Crippen LogP contribution in [0.3, 0.4) is 0 Å². The minimum atomic E-state index is -4.58. The minimum absolute atomic E-state index is 0.0302. The number of pyridine rings is 1. The Morgan fingerprint density at radius 1 is 1.05 bits per heavy atom. The van der Waals surface area contributed by atoms with Crippen molar-refractivity contribution in [1.29, 1.82) is 5.26 Å². The molecule has 206 valence electrons. The highest BCUT2D eigenvalue weighted by Crippen LogP contribution is 2.39. The van der Waals surface area contributed by atoms with Crippen LogP contribution in [0.25, 0.3) is 27.8 Å². The predicted octanol–water partition coefficient (Wildman–Crippen LogP) is 6.02. The van der Waals surface area contributed by atoms with Gasteiger partial charge in [0.2, 0.25) is 5.82 Å². The van der Waals surface area contributed by atoms with Gasteiger partial charge in [0.15, 0.2) is 5.75 Å². The van der Waals surface area contributed by atoms with Gasteiger partial charge in [-0.15, -0.1) is 5.10 Å². The Morgan fingerprint density at radius 2 is 1.76 bits per heavy atom. The third-order valence-corrected chi connectivity index (χ3v) is 6.59. The van der Waals surface area contributed by atoms with Crippen LogP contribution in [0.15, 0.2) is 64.2 Å². The van der Waals surface area contributed by atoms with E-state index in [9.17, 15) is 28.0 Å². The van der Waals surface area contributed by atoms with E-state index in [1.165, 1.54) is 18.2 Å². The Bertz CT molecular complexity index is 2010. The first-order valence-corrected chi connectivity index (χ1v) is 12.3. The smallest absolute Gasteiger partial charge is 0.416 e. The van der Waals surface area contributed by atoms with Crippen LogP contribution >= 0.6 is 23.2 Å². The topological polar surface area (TPSA) is 140 Å². The Labute approximate surface area is 238 Å². The Morgan fingerprint density at radius 3 is 2.41 bits per heavy atom. The molecule has 3 aromatic carbocycles. The van der Waals surface area contributed by atoms with Crippen LogP contribution in [-0.2, 0) is 6.18 Å². The number of benzene rings is 3. The molecule has 0 aliphatic rings.